The minimum Gasteiger partial charge on any atom is -0.360 e. The third-order valence-corrected chi connectivity index (χ3v) is 2.43. The summed E-state index contributed by atoms with van der Waals surface area (Å²) in [6.07, 6.45) is 1.76. The number of hydrogen-bond donors (Lipinski definition) is 2. The van der Waals surface area contributed by atoms with E-state index in [1.165, 1.54) is 18.2 Å². The summed E-state index contributed by atoms with van der Waals surface area (Å²) in [7, 11) is 0. The average Bonchev–Trinajstić information content (AvgIpc) is 2.90. The molecular weight excluding hydrogens is 233 g/mol. The van der Waals surface area contributed by atoms with Crippen molar-refractivity contribution in [2.75, 3.05) is 0 Å². The van der Waals surface area contributed by atoms with Crippen LogP contribution in [0.2, 0.25) is 0 Å². The Morgan fingerprint density at radius 2 is 2.06 bits per heavy atom. The van der Waals surface area contributed by atoms with E-state index in [2.05, 4.69) is 15.5 Å². The molecule has 92 valence electrons. The number of aromatic amines is 1. The van der Waals surface area contributed by atoms with E-state index >= 15 is 0 Å². The van der Waals surface area contributed by atoms with E-state index in [9.17, 15) is 9.18 Å². The normalized spacial score (nSPS) is 11.3. The summed E-state index contributed by atoms with van der Waals surface area (Å²) in [5.74, 6) is -1.14. The maximum Gasteiger partial charge on any atom is 0.274 e. The van der Waals surface area contributed by atoms with Crippen molar-refractivity contribution >= 4 is 11.6 Å². The number of amides is 1. The second kappa shape index (κ2) is 5.27. The monoisotopic (exact) mass is 245 g/mol. The van der Waals surface area contributed by atoms with Gasteiger partial charge in [-0.1, -0.05) is 12.1 Å². The molecule has 0 unspecified atom stereocenters. The van der Waals surface area contributed by atoms with Crippen LogP contribution >= 0.6 is 0 Å². The first-order valence-electron chi connectivity index (χ1n) is 5.41. The van der Waals surface area contributed by atoms with Gasteiger partial charge in [0, 0.05) is 6.20 Å². The molecule has 1 amide bonds. The summed E-state index contributed by atoms with van der Waals surface area (Å²) in [4.78, 5) is 14.6. The Labute approximate surface area is 104 Å². The fourth-order valence-corrected chi connectivity index (χ4v) is 1.46. The smallest absolute Gasteiger partial charge is 0.274 e. The lowest BCUT2D eigenvalue weighted by Gasteiger charge is -2.02. The maximum atomic E-state index is 13.3. The van der Waals surface area contributed by atoms with E-state index in [4.69, 9.17) is 0 Å². The van der Waals surface area contributed by atoms with Crippen LogP contribution in [0.4, 0.5) is 4.39 Å². The van der Waals surface area contributed by atoms with Gasteiger partial charge in [0.25, 0.3) is 5.91 Å². The quantitative estimate of drug-likeness (QED) is 0.632. The maximum absolute atomic E-state index is 13.3. The molecule has 0 aliphatic carbocycles. The Morgan fingerprint density at radius 3 is 2.72 bits per heavy atom. The van der Waals surface area contributed by atoms with Gasteiger partial charge in [0.1, 0.15) is 5.82 Å². The van der Waals surface area contributed by atoms with Crippen LogP contribution in [-0.2, 0) is 0 Å². The summed E-state index contributed by atoms with van der Waals surface area (Å²) in [5.41, 5.74) is 3.70. The topological polar surface area (TPSA) is 57.2 Å². The van der Waals surface area contributed by atoms with Crippen LogP contribution < -0.4 is 5.43 Å². The van der Waals surface area contributed by atoms with Crippen molar-refractivity contribution in [2.45, 2.75) is 6.92 Å². The van der Waals surface area contributed by atoms with E-state index in [1.54, 1.807) is 19.2 Å². The molecule has 0 aliphatic heterocycles. The third-order valence-electron chi connectivity index (χ3n) is 2.43. The zero-order chi connectivity index (χ0) is 13.0. The molecule has 0 radical (unpaired) electrons. The second-order valence-corrected chi connectivity index (χ2v) is 3.70. The molecule has 0 atom stereocenters. The molecule has 1 heterocycles. The zero-order valence-corrected chi connectivity index (χ0v) is 9.77. The van der Waals surface area contributed by atoms with E-state index in [1.807, 2.05) is 12.1 Å². The highest BCUT2D eigenvalue weighted by atomic mass is 19.1. The van der Waals surface area contributed by atoms with Crippen molar-refractivity contribution in [2.24, 2.45) is 5.10 Å². The fraction of sp³-hybridized carbons (Fsp3) is 0.0769. The van der Waals surface area contributed by atoms with Crippen LogP contribution in [0.3, 0.4) is 0 Å². The standard InChI is InChI=1S/C13H12FN3O/c1-9(12-7-4-8-15-12)16-17-13(18)10-5-2-3-6-11(10)14/h2-8,15H,1H3,(H,17,18). The molecule has 0 bridgehead atoms. The Morgan fingerprint density at radius 1 is 1.28 bits per heavy atom. The van der Waals surface area contributed by atoms with Gasteiger partial charge in [-0.05, 0) is 31.2 Å². The Balaban J connectivity index is 2.09. The second-order valence-electron chi connectivity index (χ2n) is 3.70. The molecule has 0 saturated heterocycles. The third kappa shape index (κ3) is 2.63. The fourth-order valence-electron chi connectivity index (χ4n) is 1.46. The number of hydrogen-bond acceptors (Lipinski definition) is 2. The Hall–Kier alpha value is -2.43. The lowest BCUT2D eigenvalue weighted by molar-refractivity contribution is 0.0951. The predicted molar refractivity (Wildman–Crippen MR) is 66.9 cm³/mol. The number of halogens is 1. The van der Waals surface area contributed by atoms with Crippen molar-refractivity contribution < 1.29 is 9.18 Å². The number of carbonyl (C=O) groups is 1. The number of nitrogens with one attached hydrogen (secondary N) is 2. The highest BCUT2D eigenvalue weighted by Crippen LogP contribution is 2.05. The van der Waals surface area contributed by atoms with Crippen LogP contribution in [0.15, 0.2) is 47.7 Å². The minimum atomic E-state index is -0.570. The predicted octanol–water partition coefficient (Wildman–Crippen LogP) is 2.31. The molecule has 1 aromatic carbocycles. The minimum absolute atomic E-state index is 0.0273. The zero-order valence-electron chi connectivity index (χ0n) is 9.77. The van der Waals surface area contributed by atoms with Gasteiger partial charge in [-0.3, -0.25) is 4.79 Å². The van der Waals surface area contributed by atoms with Gasteiger partial charge < -0.3 is 4.98 Å². The first kappa shape index (κ1) is 12.0. The van der Waals surface area contributed by atoms with Crippen LogP contribution in [0, 0.1) is 5.82 Å². The SMILES string of the molecule is CC(=NNC(=O)c1ccccc1F)c1ccc[nH]1. The van der Waals surface area contributed by atoms with Crippen molar-refractivity contribution in [3.8, 4) is 0 Å². The number of carbonyl (C=O) groups excluding carboxylic acids is 1. The molecule has 0 spiro atoms. The number of hydrazone groups is 1. The Kier molecular flexibility index (Phi) is 3.52. The molecule has 2 aromatic rings. The largest absolute Gasteiger partial charge is 0.360 e. The number of aromatic nitrogens is 1. The summed E-state index contributed by atoms with van der Waals surface area (Å²) in [6.45, 7) is 1.74. The lowest BCUT2D eigenvalue weighted by Crippen LogP contribution is -2.20. The van der Waals surface area contributed by atoms with Gasteiger partial charge in [-0.15, -0.1) is 0 Å². The van der Waals surface area contributed by atoms with Gasteiger partial charge in [-0.2, -0.15) is 5.10 Å². The van der Waals surface area contributed by atoms with Gasteiger partial charge in [0.15, 0.2) is 0 Å². The highest BCUT2D eigenvalue weighted by Gasteiger charge is 2.09. The molecule has 4 nitrogen and oxygen atoms in total. The molecule has 1 aromatic heterocycles. The van der Waals surface area contributed by atoms with Crippen LogP contribution in [0.1, 0.15) is 23.0 Å². The van der Waals surface area contributed by atoms with E-state index in [-0.39, 0.29) is 5.56 Å². The van der Waals surface area contributed by atoms with E-state index in [0.717, 1.165) is 5.69 Å². The number of rotatable bonds is 3. The summed E-state index contributed by atoms with van der Waals surface area (Å²) < 4.78 is 13.3. The van der Waals surface area contributed by atoms with Gasteiger partial charge in [0.05, 0.1) is 17.0 Å². The van der Waals surface area contributed by atoms with Crippen molar-refractivity contribution in [1.29, 1.82) is 0 Å². The summed E-state index contributed by atoms with van der Waals surface area (Å²) in [5, 5.41) is 3.90. The number of benzene rings is 1. The average molecular weight is 245 g/mol. The number of nitrogens with zero attached hydrogens (tertiary/aromatic N) is 1. The molecule has 0 aliphatic rings. The van der Waals surface area contributed by atoms with Crippen molar-refractivity contribution in [1.82, 2.24) is 10.4 Å². The molecule has 5 heteroatoms. The summed E-state index contributed by atoms with van der Waals surface area (Å²) >= 11 is 0. The van der Waals surface area contributed by atoms with Gasteiger partial charge >= 0.3 is 0 Å². The van der Waals surface area contributed by atoms with Crippen molar-refractivity contribution in [3.63, 3.8) is 0 Å². The van der Waals surface area contributed by atoms with Crippen LogP contribution in [0.5, 0.6) is 0 Å². The van der Waals surface area contributed by atoms with Gasteiger partial charge in [-0.25, -0.2) is 9.82 Å². The Bertz CT molecular complexity index is 576. The molecule has 2 N–H and O–H groups in total. The number of H-pyrrole nitrogens is 1. The molecule has 0 fully saturated rings. The molecule has 2 rings (SSSR count). The van der Waals surface area contributed by atoms with E-state index in [0.29, 0.717) is 5.71 Å². The first-order chi connectivity index (χ1) is 8.68. The summed E-state index contributed by atoms with van der Waals surface area (Å²) in [6, 6.07) is 9.42. The highest BCUT2D eigenvalue weighted by molar-refractivity contribution is 5.99. The lowest BCUT2D eigenvalue weighted by atomic mass is 10.2. The molecule has 0 saturated carbocycles. The molecule has 18 heavy (non-hydrogen) atoms. The van der Waals surface area contributed by atoms with Crippen LogP contribution in [0.25, 0.3) is 0 Å². The van der Waals surface area contributed by atoms with Crippen molar-refractivity contribution in [3.05, 3.63) is 59.7 Å². The first-order valence-corrected chi connectivity index (χ1v) is 5.41. The van der Waals surface area contributed by atoms with Gasteiger partial charge in [0.2, 0.25) is 0 Å². The van der Waals surface area contributed by atoms with E-state index < -0.39 is 11.7 Å². The van der Waals surface area contributed by atoms with Crippen LogP contribution in [-0.4, -0.2) is 16.6 Å². The molecular formula is C13H12FN3O.